The van der Waals surface area contributed by atoms with E-state index in [0.29, 0.717) is 12.3 Å². The van der Waals surface area contributed by atoms with Crippen LogP contribution in [0.4, 0.5) is 0 Å². The highest BCUT2D eigenvalue weighted by Gasteiger charge is 2.46. The molecule has 1 aliphatic heterocycles. The van der Waals surface area contributed by atoms with Gasteiger partial charge in [-0.2, -0.15) is 0 Å². The zero-order valence-electron chi connectivity index (χ0n) is 13.5. The molecule has 5 unspecified atom stereocenters. The number of carbonyl (C=O) groups is 2. The molecule has 3 fully saturated rings. The predicted octanol–water partition coefficient (Wildman–Crippen LogP) is 2.18. The van der Waals surface area contributed by atoms with Gasteiger partial charge in [-0.05, 0) is 49.4 Å². The molecule has 118 valence electrons. The second-order valence-electron chi connectivity index (χ2n) is 7.58. The maximum absolute atomic E-state index is 12.7. The van der Waals surface area contributed by atoms with E-state index in [0.717, 1.165) is 18.4 Å². The number of amides is 2. The summed E-state index contributed by atoms with van der Waals surface area (Å²) in [6.07, 6.45) is 6.00. The number of carbonyl (C=O) groups excluding carboxylic acids is 2. The Hall–Kier alpha value is -1.06. The standard InChI is InChI=1S/C17H28N2O2/c1-4-14-17(21)19(15(10(2)3)16(20)18-14)9-13-8-11-5-6-12(13)7-11/h10-15H,4-9H2,1-3H3,(H,18,20). The summed E-state index contributed by atoms with van der Waals surface area (Å²) < 4.78 is 0. The molecule has 2 saturated carbocycles. The van der Waals surface area contributed by atoms with Crippen LogP contribution in [0, 0.1) is 23.7 Å². The minimum atomic E-state index is -0.314. The molecule has 0 aromatic carbocycles. The van der Waals surface area contributed by atoms with Gasteiger partial charge in [-0.25, -0.2) is 0 Å². The van der Waals surface area contributed by atoms with Crippen LogP contribution >= 0.6 is 0 Å². The van der Waals surface area contributed by atoms with E-state index in [1.54, 1.807) is 0 Å². The van der Waals surface area contributed by atoms with Gasteiger partial charge in [-0.3, -0.25) is 9.59 Å². The Balaban J connectivity index is 1.77. The van der Waals surface area contributed by atoms with Crippen LogP contribution in [0.15, 0.2) is 0 Å². The summed E-state index contributed by atoms with van der Waals surface area (Å²) >= 11 is 0. The molecule has 1 saturated heterocycles. The van der Waals surface area contributed by atoms with Gasteiger partial charge >= 0.3 is 0 Å². The van der Waals surface area contributed by atoms with Gasteiger partial charge in [0.05, 0.1) is 0 Å². The molecule has 0 aromatic rings. The predicted molar refractivity (Wildman–Crippen MR) is 81.5 cm³/mol. The highest BCUT2D eigenvalue weighted by molar-refractivity contribution is 5.97. The molecule has 2 aliphatic carbocycles. The van der Waals surface area contributed by atoms with Crippen LogP contribution in [-0.2, 0) is 9.59 Å². The van der Waals surface area contributed by atoms with Crippen LogP contribution in [0.3, 0.4) is 0 Å². The highest BCUT2D eigenvalue weighted by Crippen LogP contribution is 2.48. The minimum absolute atomic E-state index is 0.0413. The molecule has 3 rings (SSSR count). The molecule has 4 nitrogen and oxygen atoms in total. The van der Waals surface area contributed by atoms with Gasteiger partial charge in [0.2, 0.25) is 11.8 Å². The average molecular weight is 292 g/mol. The van der Waals surface area contributed by atoms with Crippen molar-refractivity contribution in [1.29, 1.82) is 0 Å². The van der Waals surface area contributed by atoms with Crippen molar-refractivity contribution in [3.8, 4) is 0 Å². The lowest BCUT2D eigenvalue weighted by molar-refractivity contribution is -0.152. The van der Waals surface area contributed by atoms with Gasteiger partial charge in [0.15, 0.2) is 0 Å². The molecule has 2 amide bonds. The van der Waals surface area contributed by atoms with Crippen molar-refractivity contribution in [3.63, 3.8) is 0 Å². The Morgan fingerprint density at radius 3 is 2.52 bits per heavy atom. The Kier molecular flexibility index (Phi) is 3.98. The second kappa shape index (κ2) is 5.62. The molecule has 0 aromatic heterocycles. The number of hydrogen-bond donors (Lipinski definition) is 1. The quantitative estimate of drug-likeness (QED) is 0.863. The van der Waals surface area contributed by atoms with E-state index < -0.39 is 0 Å². The molecule has 5 atom stereocenters. The van der Waals surface area contributed by atoms with E-state index in [1.165, 1.54) is 25.7 Å². The molecule has 2 bridgehead atoms. The first-order chi connectivity index (χ1) is 10.0. The summed E-state index contributed by atoms with van der Waals surface area (Å²) in [4.78, 5) is 27.0. The fraction of sp³-hybridized carbons (Fsp3) is 0.882. The highest BCUT2D eigenvalue weighted by atomic mass is 16.2. The van der Waals surface area contributed by atoms with Gasteiger partial charge in [0.1, 0.15) is 12.1 Å². The van der Waals surface area contributed by atoms with E-state index in [1.807, 2.05) is 25.7 Å². The number of fused-ring (bicyclic) bond motifs is 2. The molecule has 3 aliphatic rings. The van der Waals surface area contributed by atoms with E-state index in [-0.39, 0.29) is 29.8 Å². The SMILES string of the molecule is CCC1NC(=O)C(C(C)C)N(CC2CC3CCC2C3)C1=O. The smallest absolute Gasteiger partial charge is 0.245 e. The molecular weight excluding hydrogens is 264 g/mol. The maximum Gasteiger partial charge on any atom is 0.245 e. The van der Waals surface area contributed by atoms with E-state index in [2.05, 4.69) is 5.32 Å². The molecule has 4 heteroatoms. The zero-order valence-corrected chi connectivity index (χ0v) is 13.5. The summed E-state index contributed by atoms with van der Waals surface area (Å²) in [5, 5.41) is 2.91. The third-order valence-electron chi connectivity index (χ3n) is 5.86. The fourth-order valence-corrected chi connectivity index (χ4v) is 4.79. The second-order valence-corrected chi connectivity index (χ2v) is 7.58. The Labute approximate surface area is 127 Å². The first-order valence-corrected chi connectivity index (χ1v) is 8.62. The van der Waals surface area contributed by atoms with Crippen LogP contribution in [0.1, 0.15) is 52.9 Å². The number of hydrogen-bond acceptors (Lipinski definition) is 2. The monoisotopic (exact) mass is 292 g/mol. The van der Waals surface area contributed by atoms with Gasteiger partial charge in [0, 0.05) is 6.54 Å². The van der Waals surface area contributed by atoms with E-state index >= 15 is 0 Å². The normalized spacial score (nSPS) is 39.2. The largest absolute Gasteiger partial charge is 0.343 e. The van der Waals surface area contributed by atoms with Crippen LogP contribution in [0.25, 0.3) is 0 Å². The van der Waals surface area contributed by atoms with Crippen molar-refractivity contribution in [2.45, 2.75) is 65.0 Å². The van der Waals surface area contributed by atoms with Crippen molar-refractivity contribution in [2.24, 2.45) is 23.7 Å². The van der Waals surface area contributed by atoms with Crippen molar-refractivity contribution < 1.29 is 9.59 Å². The van der Waals surface area contributed by atoms with Crippen LogP contribution in [-0.4, -0.2) is 35.3 Å². The lowest BCUT2D eigenvalue weighted by Crippen LogP contribution is -2.65. The third-order valence-corrected chi connectivity index (χ3v) is 5.86. The molecule has 1 heterocycles. The molecule has 21 heavy (non-hydrogen) atoms. The van der Waals surface area contributed by atoms with Gasteiger partial charge in [-0.1, -0.05) is 27.2 Å². The van der Waals surface area contributed by atoms with Crippen LogP contribution in [0.5, 0.6) is 0 Å². The van der Waals surface area contributed by atoms with Gasteiger partial charge in [-0.15, -0.1) is 0 Å². The number of nitrogens with one attached hydrogen (secondary N) is 1. The van der Waals surface area contributed by atoms with Gasteiger partial charge in [0.25, 0.3) is 0 Å². The third kappa shape index (κ3) is 2.58. The molecule has 1 N–H and O–H groups in total. The zero-order chi connectivity index (χ0) is 15.1. The topological polar surface area (TPSA) is 49.4 Å². The van der Waals surface area contributed by atoms with Crippen molar-refractivity contribution in [1.82, 2.24) is 10.2 Å². The number of rotatable bonds is 4. The Morgan fingerprint density at radius 2 is 2.00 bits per heavy atom. The van der Waals surface area contributed by atoms with E-state index in [4.69, 9.17) is 0 Å². The summed E-state index contributed by atoms with van der Waals surface area (Å²) in [5.41, 5.74) is 0. The average Bonchev–Trinajstić information content (AvgIpc) is 3.04. The number of piperazine rings is 1. The van der Waals surface area contributed by atoms with Crippen LogP contribution < -0.4 is 5.32 Å². The molecular formula is C17H28N2O2. The van der Waals surface area contributed by atoms with E-state index in [9.17, 15) is 9.59 Å². The Morgan fingerprint density at radius 1 is 1.24 bits per heavy atom. The first-order valence-electron chi connectivity index (χ1n) is 8.62. The van der Waals surface area contributed by atoms with Crippen molar-refractivity contribution in [3.05, 3.63) is 0 Å². The van der Waals surface area contributed by atoms with Crippen molar-refractivity contribution >= 4 is 11.8 Å². The number of nitrogens with zero attached hydrogens (tertiary/aromatic N) is 1. The summed E-state index contributed by atoms with van der Waals surface area (Å²) in [6, 6.07) is -0.592. The minimum Gasteiger partial charge on any atom is -0.343 e. The fourth-order valence-electron chi connectivity index (χ4n) is 4.79. The molecule has 0 radical (unpaired) electrons. The molecule has 0 spiro atoms. The summed E-state index contributed by atoms with van der Waals surface area (Å²) in [7, 11) is 0. The van der Waals surface area contributed by atoms with Crippen LogP contribution in [0.2, 0.25) is 0 Å². The maximum atomic E-state index is 12.7. The Bertz CT molecular complexity index is 435. The summed E-state index contributed by atoms with van der Waals surface area (Å²) in [5.74, 6) is 2.65. The lowest BCUT2D eigenvalue weighted by atomic mass is 9.86. The lowest BCUT2D eigenvalue weighted by Gasteiger charge is -2.42. The van der Waals surface area contributed by atoms with Crippen molar-refractivity contribution in [2.75, 3.05) is 6.54 Å². The van der Waals surface area contributed by atoms with Gasteiger partial charge < -0.3 is 10.2 Å². The first kappa shape index (κ1) is 14.9. The summed E-state index contributed by atoms with van der Waals surface area (Å²) in [6.45, 7) is 6.84.